The van der Waals surface area contributed by atoms with E-state index in [9.17, 15) is 14.0 Å². The van der Waals surface area contributed by atoms with Gasteiger partial charge >= 0.3 is 0 Å². The fourth-order valence-corrected chi connectivity index (χ4v) is 2.25. The number of hydrogen-bond acceptors (Lipinski definition) is 2. The number of hydrogen-bond donors (Lipinski definition) is 1. The predicted molar refractivity (Wildman–Crippen MR) is 68.6 cm³/mol. The summed E-state index contributed by atoms with van der Waals surface area (Å²) in [5.74, 6) is -2.70. The second-order valence-electron chi connectivity index (χ2n) is 4.50. The van der Waals surface area contributed by atoms with Crippen molar-refractivity contribution in [3.05, 3.63) is 65.5 Å². The van der Waals surface area contributed by atoms with E-state index in [-0.39, 0.29) is 16.8 Å². The van der Waals surface area contributed by atoms with Crippen molar-refractivity contribution in [2.24, 2.45) is 0 Å². The molecular weight excluding hydrogens is 264 g/mol. The molecule has 0 saturated carbocycles. The first-order valence-electron chi connectivity index (χ1n) is 5.93. The van der Waals surface area contributed by atoms with Crippen molar-refractivity contribution >= 4 is 17.4 Å². The van der Waals surface area contributed by atoms with Crippen molar-refractivity contribution in [3.63, 3.8) is 0 Å². The van der Waals surface area contributed by atoms with Crippen LogP contribution in [0.25, 0.3) is 0 Å². The maximum atomic E-state index is 15.0. The molecule has 0 fully saturated rings. The molecule has 1 heterocycles. The van der Waals surface area contributed by atoms with Crippen LogP contribution in [-0.2, 0) is 10.5 Å². The van der Waals surface area contributed by atoms with Gasteiger partial charge in [-0.1, -0.05) is 30.3 Å². The Hall–Kier alpha value is -2.56. The summed E-state index contributed by atoms with van der Waals surface area (Å²) in [5, 5.41) is 2.25. The van der Waals surface area contributed by atoms with Gasteiger partial charge in [-0.15, -0.1) is 0 Å². The van der Waals surface area contributed by atoms with E-state index in [4.69, 9.17) is 0 Å². The van der Waals surface area contributed by atoms with Gasteiger partial charge in [-0.25, -0.2) is 8.78 Å². The molecule has 1 atom stereocenters. The maximum Gasteiger partial charge on any atom is 0.275 e. The lowest BCUT2D eigenvalue weighted by molar-refractivity contribution is -0.125. The monoisotopic (exact) mass is 273 g/mol. The van der Waals surface area contributed by atoms with Gasteiger partial charge in [0, 0.05) is 11.1 Å². The van der Waals surface area contributed by atoms with E-state index in [1.807, 2.05) is 0 Å². The zero-order valence-corrected chi connectivity index (χ0v) is 10.2. The smallest absolute Gasteiger partial charge is 0.275 e. The molecule has 0 saturated heterocycles. The average molecular weight is 273 g/mol. The van der Waals surface area contributed by atoms with E-state index in [1.54, 1.807) is 6.07 Å². The third-order valence-corrected chi connectivity index (χ3v) is 3.27. The van der Waals surface area contributed by atoms with Gasteiger partial charge in [0.05, 0.1) is 5.69 Å². The van der Waals surface area contributed by atoms with Crippen molar-refractivity contribution in [2.75, 3.05) is 5.32 Å². The van der Waals surface area contributed by atoms with Gasteiger partial charge in [0.2, 0.25) is 5.78 Å². The molecule has 0 spiro atoms. The number of carbonyl (C=O) groups excluding carboxylic acids is 2. The Morgan fingerprint density at radius 1 is 1.00 bits per heavy atom. The molecule has 3 nitrogen and oxygen atoms in total. The number of fused-ring (bicyclic) bond motifs is 1. The number of halogens is 2. The Morgan fingerprint density at radius 3 is 2.40 bits per heavy atom. The van der Waals surface area contributed by atoms with Gasteiger partial charge in [0.15, 0.2) is 0 Å². The van der Waals surface area contributed by atoms with Gasteiger partial charge in [-0.2, -0.15) is 0 Å². The van der Waals surface area contributed by atoms with E-state index in [2.05, 4.69) is 5.32 Å². The lowest BCUT2D eigenvalue weighted by Gasteiger charge is -2.29. The minimum absolute atomic E-state index is 0.00999. The van der Waals surface area contributed by atoms with Gasteiger partial charge in [0.25, 0.3) is 11.6 Å². The van der Waals surface area contributed by atoms with E-state index in [0.717, 1.165) is 12.1 Å². The molecule has 2 aromatic rings. The first-order valence-corrected chi connectivity index (χ1v) is 5.93. The number of amides is 1. The quantitative estimate of drug-likeness (QED) is 0.812. The largest absolute Gasteiger partial charge is 0.322 e. The van der Waals surface area contributed by atoms with Crippen LogP contribution in [0.15, 0.2) is 48.5 Å². The summed E-state index contributed by atoms with van der Waals surface area (Å²) in [6, 6.07) is 10.7. The Balaban J connectivity index is 2.18. The highest BCUT2D eigenvalue weighted by Crippen LogP contribution is 2.38. The van der Waals surface area contributed by atoms with Crippen molar-refractivity contribution in [3.8, 4) is 0 Å². The van der Waals surface area contributed by atoms with Gasteiger partial charge in [-0.3, -0.25) is 9.59 Å². The Kier molecular flexibility index (Phi) is 2.64. The molecule has 20 heavy (non-hydrogen) atoms. The number of Topliss-reactive ketones (excluding diaryl/α,β-unsaturated/α-hetero) is 1. The molecule has 1 N–H and O–H groups in total. The van der Waals surface area contributed by atoms with Gasteiger partial charge < -0.3 is 5.32 Å². The van der Waals surface area contributed by atoms with Gasteiger partial charge in [0.1, 0.15) is 5.82 Å². The summed E-state index contributed by atoms with van der Waals surface area (Å²) >= 11 is 0. The summed E-state index contributed by atoms with van der Waals surface area (Å²) in [4.78, 5) is 24.3. The molecule has 1 aliphatic rings. The van der Waals surface area contributed by atoms with E-state index in [0.29, 0.717) is 0 Å². The highest BCUT2D eigenvalue weighted by atomic mass is 19.1. The third kappa shape index (κ3) is 1.63. The predicted octanol–water partition coefficient (Wildman–Crippen LogP) is 2.83. The van der Waals surface area contributed by atoms with Crippen LogP contribution in [0.1, 0.15) is 15.9 Å². The lowest BCUT2D eigenvalue weighted by Crippen LogP contribution is -2.47. The third-order valence-electron chi connectivity index (χ3n) is 3.27. The molecule has 1 aliphatic heterocycles. The number of nitrogens with one attached hydrogen (secondary N) is 1. The molecular formula is C15H9F2NO2. The second kappa shape index (κ2) is 4.23. The summed E-state index contributed by atoms with van der Waals surface area (Å²) in [6.45, 7) is 0. The molecule has 0 aliphatic carbocycles. The summed E-state index contributed by atoms with van der Waals surface area (Å²) in [7, 11) is 0. The van der Waals surface area contributed by atoms with Crippen LogP contribution in [0.2, 0.25) is 0 Å². The number of ketones is 1. The normalized spacial score (nSPS) is 21.3. The average Bonchev–Trinajstić information content (AvgIpc) is 2.45. The van der Waals surface area contributed by atoms with E-state index < -0.39 is 23.2 Å². The molecule has 100 valence electrons. The Labute approximate surface area is 113 Å². The fraction of sp³-hybridized carbons (Fsp3) is 0.0667. The SMILES string of the molecule is O=C1Nc2cc(F)ccc2C(=O)C1(F)c1ccccc1. The standard InChI is InChI=1S/C15H9F2NO2/c16-10-6-7-11-12(8-10)18-14(20)15(17,13(11)19)9-4-2-1-3-5-9/h1-8H,(H,18,20). The van der Waals surface area contributed by atoms with Crippen molar-refractivity contribution in [2.45, 2.75) is 5.67 Å². The first-order chi connectivity index (χ1) is 9.53. The van der Waals surface area contributed by atoms with Crippen LogP contribution in [0.5, 0.6) is 0 Å². The highest BCUT2D eigenvalue weighted by molar-refractivity contribution is 6.26. The van der Waals surface area contributed by atoms with Crippen LogP contribution >= 0.6 is 0 Å². The van der Waals surface area contributed by atoms with E-state index >= 15 is 4.39 Å². The van der Waals surface area contributed by atoms with Crippen LogP contribution < -0.4 is 5.32 Å². The lowest BCUT2D eigenvalue weighted by atomic mass is 9.83. The molecule has 1 amide bonds. The number of anilines is 1. The minimum Gasteiger partial charge on any atom is -0.322 e. The number of benzene rings is 2. The second-order valence-corrected chi connectivity index (χ2v) is 4.50. The fourth-order valence-electron chi connectivity index (χ4n) is 2.25. The van der Waals surface area contributed by atoms with Crippen LogP contribution in [0.3, 0.4) is 0 Å². The summed E-state index contributed by atoms with van der Waals surface area (Å²) < 4.78 is 28.1. The summed E-state index contributed by atoms with van der Waals surface area (Å²) in [5.41, 5.74) is -2.88. The molecule has 5 heteroatoms. The van der Waals surface area contributed by atoms with Gasteiger partial charge in [-0.05, 0) is 18.2 Å². The zero-order chi connectivity index (χ0) is 14.3. The van der Waals surface area contributed by atoms with Crippen molar-refractivity contribution < 1.29 is 18.4 Å². The molecule has 2 aromatic carbocycles. The van der Waals surface area contributed by atoms with E-state index in [1.165, 1.54) is 30.3 Å². The molecule has 3 rings (SSSR count). The van der Waals surface area contributed by atoms with Crippen LogP contribution in [0, 0.1) is 5.82 Å². The molecule has 0 bridgehead atoms. The minimum atomic E-state index is -2.79. The van der Waals surface area contributed by atoms with Crippen LogP contribution in [0.4, 0.5) is 14.5 Å². The Morgan fingerprint density at radius 2 is 1.70 bits per heavy atom. The number of carbonyl (C=O) groups is 2. The zero-order valence-electron chi connectivity index (χ0n) is 10.2. The number of rotatable bonds is 1. The van der Waals surface area contributed by atoms with Crippen molar-refractivity contribution in [1.82, 2.24) is 0 Å². The highest BCUT2D eigenvalue weighted by Gasteiger charge is 2.52. The molecule has 1 unspecified atom stereocenters. The topological polar surface area (TPSA) is 46.2 Å². The summed E-state index contributed by atoms with van der Waals surface area (Å²) in [6.07, 6.45) is 0. The van der Waals surface area contributed by atoms with Crippen molar-refractivity contribution in [1.29, 1.82) is 0 Å². The Bertz CT molecular complexity index is 715. The molecule has 0 aromatic heterocycles. The first kappa shape index (κ1) is 12.5. The number of alkyl halides is 1. The van der Waals surface area contributed by atoms with Crippen LogP contribution in [-0.4, -0.2) is 11.7 Å². The maximum absolute atomic E-state index is 15.0. The molecule has 0 radical (unpaired) electrons.